The highest BCUT2D eigenvalue weighted by molar-refractivity contribution is 6.32. The molecule has 4 nitrogen and oxygen atoms in total. The van der Waals surface area contributed by atoms with Crippen LogP contribution in [0.25, 0.3) is 0 Å². The van der Waals surface area contributed by atoms with E-state index in [0.29, 0.717) is 22.9 Å². The normalized spacial score (nSPS) is 12.0. The van der Waals surface area contributed by atoms with Crippen molar-refractivity contribution in [2.75, 3.05) is 13.7 Å². The predicted molar refractivity (Wildman–Crippen MR) is 61.9 cm³/mol. The molecule has 0 amide bonds. The fourth-order valence-electron chi connectivity index (χ4n) is 1.08. The van der Waals surface area contributed by atoms with E-state index < -0.39 is 5.97 Å². The van der Waals surface area contributed by atoms with Crippen LogP contribution in [-0.4, -0.2) is 25.7 Å². The smallest absolute Gasteiger partial charge is 0.337 e. The first-order chi connectivity index (χ1) is 7.54. The van der Waals surface area contributed by atoms with Crippen LogP contribution >= 0.6 is 11.6 Å². The number of methoxy groups -OCH3 is 1. The van der Waals surface area contributed by atoms with Gasteiger partial charge in [0, 0.05) is 6.04 Å². The zero-order valence-electron chi connectivity index (χ0n) is 9.20. The number of benzene rings is 1. The lowest BCUT2D eigenvalue weighted by Gasteiger charge is -2.11. The Balaban J connectivity index is 2.86. The van der Waals surface area contributed by atoms with Crippen molar-refractivity contribution < 1.29 is 14.3 Å². The van der Waals surface area contributed by atoms with Crippen LogP contribution in [-0.2, 0) is 4.74 Å². The third-order valence-electron chi connectivity index (χ3n) is 1.85. The van der Waals surface area contributed by atoms with E-state index in [2.05, 4.69) is 4.74 Å². The van der Waals surface area contributed by atoms with Crippen LogP contribution < -0.4 is 10.5 Å². The zero-order chi connectivity index (χ0) is 12.1. The molecule has 0 spiro atoms. The second-order valence-electron chi connectivity index (χ2n) is 3.43. The summed E-state index contributed by atoms with van der Waals surface area (Å²) in [6, 6.07) is 4.60. The number of nitrogens with two attached hydrogens (primary N) is 1. The fourth-order valence-corrected chi connectivity index (χ4v) is 1.25. The maximum atomic E-state index is 11.3. The molecule has 88 valence electrons. The van der Waals surface area contributed by atoms with E-state index in [9.17, 15) is 4.79 Å². The number of hydrogen-bond donors (Lipinski definition) is 1. The van der Waals surface area contributed by atoms with Gasteiger partial charge in [-0.05, 0) is 25.1 Å². The van der Waals surface area contributed by atoms with Gasteiger partial charge in [0.05, 0.1) is 17.7 Å². The van der Waals surface area contributed by atoms with Gasteiger partial charge in [0.15, 0.2) is 0 Å². The molecule has 0 fully saturated rings. The summed E-state index contributed by atoms with van der Waals surface area (Å²) >= 11 is 5.91. The van der Waals surface area contributed by atoms with Gasteiger partial charge in [-0.3, -0.25) is 0 Å². The van der Waals surface area contributed by atoms with Gasteiger partial charge < -0.3 is 15.2 Å². The first kappa shape index (κ1) is 12.8. The molecule has 0 saturated heterocycles. The topological polar surface area (TPSA) is 61.5 Å². The van der Waals surface area contributed by atoms with E-state index in [1.807, 2.05) is 6.92 Å². The molecule has 0 radical (unpaired) electrons. The number of rotatable bonds is 4. The van der Waals surface area contributed by atoms with Crippen molar-refractivity contribution in [2.45, 2.75) is 13.0 Å². The Labute approximate surface area is 99.3 Å². The highest BCUT2D eigenvalue weighted by Crippen LogP contribution is 2.25. The van der Waals surface area contributed by atoms with Gasteiger partial charge in [-0.25, -0.2) is 4.79 Å². The Morgan fingerprint density at radius 2 is 2.25 bits per heavy atom. The van der Waals surface area contributed by atoms with Crippen molar-refractivity contribution in [3.63, 3.8) is 0 Å². The zero-order valence-corrected chi connectivity index (χ0v) is 9.95. The number of ether oxygens (including phenoxy) is 2. The van der Waals surface area contributed by atoms with E-state index in [4.69, 9.17) is 22.1 Å². The van der Waals surface area contributed by atoms with Crippen molar-refractivity contribution in [1.82, 2.24) is 0 Å². The summed E-state index contributed by atoms with van der Waals surface area (Å²) < 4.78 is 9.96. The average Bonchev–Trinajstić information content (AvgIpc) is 2.26. The van der Waals surface area contributed by atoms with Crippen LogP contribution in [0.3, 0.4) is 0 Å². The number of esters is 1. The molecule has 1 aromatic carbocycles. The second-order valence-corrected chi connectivity index (χ2v) is 3.83. The minimum Gasteiger partial charge on any atom is -0.490 e. The maximum Gasteiger partial charge on any atom is 0.337 e. The van der Waals surface area contributed by atoms with Crippen molar-refractivity contribution in [3.8, 4) is 5.75 Å². The van der Waals surface area contributed by atoms with Crippen molar-refractivity contribution in [3.05, 3.63) is 28.8 Å². The molecule has 0 saturated carbocycles. The predicted octanol–water partition coefficient (Wildman–Crippen LogP) is 1.85. The highest BCUT2D eigenvalue weighted by Gasteiger charge is 2.10. The summed E-state index contributed by atoms with van der Waals surface area (Å²) in [5.74, 6) is 0.00387. The fraction of sp³-hybridized carbons (Fsp3) is 0.364. The van der Waals surface area contributed by atoms with Gasteiger partial charge in [0.2, 0.25) is 0 Å². The summed E-state index contributed by atoms with van der Waals surface area (Å²) in [7, 11) is 1.32. The summed E-state index contributed by atoms with van der Waals surface area (Å²) in [5, 5.41) is 0.438. The quantitative estimate of drug-likeness (QED) is 0.820. The van der Waals surface area contributed by atoms with Gasteiger partial charge in [0.1, 0.15) is 12.4 Å². The molecule has 5 heteroatoms. The summed E-state index contributed by atoms with van der Waals surface area (Å²) in [6.07, 6.45) is 0. The molecule has 1 aromatic rings. The Morgan fingerprint density at radius 3 is 2.81 bits per heavy atom. The van der Waals surface area contributed by atoms with Crippen molar-refractivity contribution in [1.29, 1.82) is 0 Å². The molecular formula is C11H14ClNO3. The first-order valence-electron chi connectivity index (χ1n) is 4.81. The van der Waals surface area contributed by atoms with Crippen LogP contribution in [0, 0.1) is 0 Å². The van der Waals surface area contributed by atoms with Crippen LogP contribution in [0.1, 0.15) is 17.3 Å². The lowest BCUT2D eigenvalue weighted by atomic mass is 10.2. The molecule has 0 bridgehead atoms. The van der Waals surface area contributed by atoms with Crippen LogP contribution in [0.4, 0.5) is 0 Å². The van der Waals surface area contributed by atoms with E-state index in [1.165, 1.54) is 13.2 Å². The second kappa shape index (κ2) is 5.72. The summed E-state index contributed by atoms with van der Waals surface area (Å²) in [4.78, 5) is 11.3. The summed E-state index contributed by atoms with van der Waals surface area (Å²) in [6.45, 7) is 2.16. The number of carbonyl (C=O) groups excluding carboxylic acids is 1. The molecule has 1 atom stereocenters. The number of hydrogen-bond acceptors (Lipinski definition) is 4. The molecule has 0 aliphatic heterocycles. The molecule has 2 N–H and O–H groups in total. The lowest BCUT2D eigenvalue weighted by molar-refractivity contribution is 0.0600. The number of carbonyl (C=O) groups is 1. The molecular weight excluding hydrogens is 230 g/mol. The van der Waals surface area contributed by atoms with E-state index >= 15 is 0 Å². The van der Waals surface area contributed by atoms with E-state index in [0.717, 1.165) is 0 Å². The molecule has 0 aliphatic carbocycles. The maximum absolute atomic E-state index is 11.3. The Morgan fingerprint density at radius 1 is 1.56 bits per heavy atom. The van der Waals surface area contributed by atoms with E-state index in [-0.39, 0.29) is 6.04 Å². The third kappa shape index (κ3) is 3.40. The molecule has 1 rings (SSSR count). The minimum atomic E-state index is -0.428. The van der Waals surface area contributed by atoms with Gasteiger partial charge in [0.25, 0.3) is 0 Å². The molecule has 1 unspecified atom stereocenters. The third-order valence-corrected chi connectivity index (χ3v) is 2.17. The van der Waals surface area contributed by atoms with Crippen LogP contribution in [0.5, 0.6) is 5.75 Å². The van der Waals surface area contributed by atoms with Crippen molar-refractivity contribution in [2.24, 2.45) is 5.73 Å². The minimum absolute atomic E-state index is 0.0992. The molecule has 16 heavy (non-hydrogen) atoms. The number of halogens is 1. The average molecular weight is 244 g/mol. The SMILES string of the molecule is COC(=O)c1ccc(Cl)c(OCC(C)N)c1. The van der Waals surface area contributed by atoms with E-state index in [1.54, 1.807) is 12.1 Å². The van der Waals surface area contributed by atoms with Crippen LogP contribution in [0.2, 0.25) is 5.02 Å². The highest BCUT2D eigenvalue weighted by atomic mass is 35.5. The van der Waals surface area contributed by atoms with Gasteiger partial charge in [-0.2, -0.15) is 0 Å². The molecule has 0 aromatic heterocycles. The van der Waals surface area contributed by atoms with Crippen molar-refractivity contribution >= 4 is 17.6 Å². The van der Waals surface area contributed by atoms with Gasteiger partial charge >= 0.3 is 5.97 Å². The largest absolute Gasteiger partial charge is 0.490 e. The standard InChI is InChI=1S/C11H14ClNO3/c1-7(13)6-16-10-5-8(11(14)15-2)3-4-9(10)12/h3-5,7H,6,13H2,1-2H3. The molecule has 0 aliphatic rings. The molecule has 0 heterocycles. The monoisotopic (exact) mass is 243 g/mol. The Bertz CT molecular complexity index is 379. The van der Waals surface area contributed by atoms with Gasteiger partial charge in [-0.15, -0.1) is 0 Å². The summed E-state index contributed by atoms with van der Waals surface area (Å²) in [5.41, 5.74) is 5.95. The first-order valence-corrected chi connectivity index (χ1v) is 5.18. The Kier molecular flexibility index (Phi) is 4.58. The van der Waals surface area contributed by atoms with Gasteiger partial charge in [-0.1, -0.05) is 11.6 Å². The van der Waals surface area contributed by atoms with Crippen LogP contribution in [0.15, 0.2) is 18.2 Å². The Hall–Kier alpha value is -1.26. The lowest BCUT2D eigenvalue weighted by Crippen LogP contribution is -2.23.